The van der Waals surface area contributed by atoms with Gasteiger partial charge in [0.25, 0.3) is 0 Å². The molecule has 3 heteroatoms. The second kappa shape index (κ2) is 5.50. The number of likely N-dealkylation sites (N-methyl/N-ethyl adjacent to an activating group) is 1. The summed E-state index contributed by atoms with van der Waals surface area (Å²) < 4.78 is 0. The molecule has 2 rings (SSSR count). The maximum absolute atomic E-state index is 4.51. The van der Waals surface area contributed by atoms with Gasteiger partial charge < -0.3 is 10.2 Å². The van der Waals surface area contributed by atoms with Crippen molar-refractivity contribution in [2.75, 3.05) is 25.5 Å². The molecule has 1 aromatic rings. The minimum atomic E-state index is 0.557. The predicted octanol–water partition coefficient (Wildman–Crippen LogP) is 2.71. The van der Waals surface area contributed by atoms with Gasteiger partial charge in [-0.25, -0.2) is 4.98 Å². The van der Waals surface area contributed by atoms with E-state index in [1.165, 1.54) is 24.9 Å². The fourth-order valence-electron chi connectivity index (χ4n) is 2.28. The van der Waals surface area contributed by atoms with E-state index in [0.717, 1.165) is 12.4 Å². The second-order valence-electron chi connectivity index (χ2n) is 5.18. The summed E-state index contributed by atoms with van der Waals surface area (Å²) in [5, 5.41) is 3.50. The first-order chi connectivity index (χ1) is 8.19. The molecule has 0 aromatic carbocycles. The number of hydrogen-bond acceptors (Lipinski definition) is 3. The summed E-state index contributed by atoms with van der Waals surface area (Å²) in [4.78, 5) is 6.86. The highest BCUT2D eigenvalue weighted by Gasteiger charge is 2.19. The molecule has 3 nitrogen and oxygen atoms in total. The van der Waals surface area contributed by atoms with Crippen molar-refractivity contribution in [1.29, 1.82) is 0 Å². The molecule has 17 heavy (non-hydrogen) atoms. The first kappa shape index (κ1) is 12.4. The van der Waals surface area contributed by atoms with Crippen LogP contribution >= 0.6 is 0 Å². The van der Waals surface area contributed by atoms with Crippen LogP contribution in [0.25, 0.3) is 0 Å². The Morgan fingerprint density at radius 3 is 2.88 bits per heavy atom. The molecule has 0 radical (unpaired) electrons. The Balaban J connectivity index is 1.94. The third-order valence-electron chi connectivity index (χ3n) is 3.71. The number of pyridine rings is 1. The number of rotatable bonds is 4. The van der Waals surface area contributed by atoms with Crippen LogP contribution in [0.4, 0.5) is 5.82 Å². The van der Waals surface area contributed by atoms with Gasteiger partial charge in [0.05, 0.1) is 0 Å². The molecule has 2 unspecified atom stereocenters. The van der Waals surface area contributed by atoms with Crippen LogP contribution in [0.1, 0.15) is 38.2 Å². The molecule has 1 fully saturated rings. The first-order valence-electron chi connectivity index (χ1n) is 6.60. The summed E-state index contributed by atoms with van der Waals surface area (Å²) >= 11 is 0. The van der Waals surface area contributed by atoms with Crippen molar-refractivity contribution in [2.45, 2.75) is 38.6 Å². The smallest absolute Gasteiger partial charge is 0.126 e. The van der Waals surface area contributed by atoms with E-state index in [9.17, 15) is 0 Å². The predicted molar refractivity (Wildman–Crippen MR) is 72.5 cm³/mol. The second-order valence-corrected chi connectivity index (χ2v) is 5.18. The van der Waals surface area contributed by atoms with Crippen molar-refractivity contribution >= 4 is 5.82 Å². The quantitative estimate of drug-likeness (QED) is 0.866. The molecular formula is C14H23N3. The standard InChI is InChI=1S/C14H23N3/c1-4-11(2)12-5-6-14(15-9-12)16-13-7-8-17(3)10-13/h5-6,9,11,13H,4,7-8,10H2,1-3H3,(H,15,16). The first-order valence-corrected chi connectivity index (χ1v) is 6.60. The van der Waals surface area contributed by atoms with Crippen LogP contribution < -0.4 is 5.32 Å². The number of hydrogen-bond donors (Lipinski definition) is 1. The summed E-state index contributed by atoms with van der Waals surface area (Å²) in [6.45, 7) is 6.76. The molecule has 2 atom stereocenters. The van der Waals surface area contributed by atoms with Gasteiger partial charge in [-0.05, 0) is 44.0 Å². The number of likely N-dealkylation sites (tertiary alicyclic amines) is 1. The van der Waals surface area contributed by atoms with E-state index in [2.05, 4.69) is 48.2 Å². The van der Waals surface area contributed by atoms with Gasteiger partial charge in [0.2, 0.25) is 0 Å². The van der Waals surface area contributed by atoms with Crippen LogP contribution in [-0.2, 0) is 0 Å². The minimum absolute atomic E-state index is 0.557. The van der Waals surface area contributed by atoms with Crippen molar-refractivity contribution < 1.29 is 0 Å². The van der Waals surface area contributed by atoms with Gasteiger partial charge in [0.15, 0.2) is 0 Å². The van der Waals surface area contributed by atoms with E-state index in [1.54, 1.807) is 0 Å². The molecular weight excluding hydrogens is 210 g/mol. The van der Waals surface area contributed by atoms with Gasteiger partial charge in [-0.2, -0.15) is 0 Å². The van der Waals surface area contributed by atoms with Gasteiger partial charge in [-0.1, -0.05) is 19.9 Å². The maximum atomic E-state index is 4.51. The molecule has 2 heterocycles. The molecule has 0 aliphatic carbocycles. The van der Waals surface area contributed by atoms with E-state index in [4.69, 9.17) is 0 Å². The van der Waals surface area contributed by atoms with Crippen molar-refractivity contribution in [2.24, 2.45) is 0 Å². The Hall–Kier alpha value is -1.09. The third-order valence-corrected chi connectivity index (χ3v) is 3.71. The number of aromatic nitrogens is 1. The summed E-state index contributed by atoms with van der Waals surface area (Å²) in [6, 6.07) is 4.86. The van der Waals surface area contributed by atoms with Gasteiger partial charge in [-0.15, -0.1) is 0 Å². The van der Waals surface area contributed by atoms with Crippen LogP contribution in [0.5, 0.6) is 0 Å². The van der Waals surface area contributed by atoms with Gasteiger partial charge in [0.1, 0.15) is 5.82 Å². The van der Waals surface area contributed by atoms with Crippen LogP contribution in [0.3, 0.4) is 0 Å². The monoisotopic (exact) mass is 233 g/mol. The topological polar surface area (TPSA) is 28.2 Å². The molecule has 0 spiro atoms. The van der Waals surface area contributed by atoms with E-state index in [-0.39, 0.29) is 0 Å². The number of anilines is 1. The lowest BCUT2D eigenvalue weighted by Gasteiger charge is -2.14. The number of nitrogens with zero attached hydrogens (tertiary/aromatic N) is 2. The Labute approximate surface area is 104 Å². The molecule has 0 saturated carbocycles. The lowest BCUT2D eigenvalue weighted by Crippen LogP contribution is -2.23. The van der Waals surface area contributed by atoms with Gasteiger partial charge in [-0.3, -0.25) is 0 Å². The lowest BCUT2D eigenvalue weighted by molar-refractivity contribution is 0.414. The Kier molecular flexibility index (Phi) is 4.00. The highest BCUT2D eigenvalue weighted by molar-refractivity contribution is 5.37. The molecule has 0 bridgehead atoms. The molecule has 1 aromatic heterocycles. The van der Waals surface area contributed by atoms with Crippen LogP contribution in [0.15, 0.2) is 18.3 Å². The fraction of sp³-hybridized carbons (Fsp3) is 0.643. The Bertz CT molecular complexity index is 347. The molecule has 0 amide bonds. The zero-order valence-electron chi connectivity index (χ0n) is 11.1. The van der Waals surface area contributed by atoms with Crippen molar-refractivity contribution in [3.05, 3.63) is 23.9 Å². The van der Waals surface area contributed by atoms with Gasteiger partial charge >= 0.3 is 0 Å². The SMILES string of the molecule is CCC(C)c1ccc(NC2CCN(C)C2)nc1. The average molecular weight is 233 g/mol. The highest BCUT2D eigenvalue weighted by atomic mass is 15.2. The Morgan fingerprint density at radius 1 is 1.53 bits per heavy atom. The highest BCUT2D eigenvalue weighted by Crippen LogP contribution is 2.19. The third kappa shape index (κ3) is 3.19. The van der Waals surface area contributed by atoms with Crippen LogP contribution in [0.2, 0.25) is 0 Å². The summed E-state index contributed by atoms with van der Waals surface area (Å²) in [7, 11) is 2.17. The van der Waals surface area contributed by atoms with Crippen molar-refractivity contribution in [3.63, 3.8) is 0 Å². The minimum Gasteiger partial charge on any atom is -0.366 e. The van der Waals surface area contributed by atoms with E-state index < -0.39 is 0 Å². The molecule has 1 N–H and O–H groups in total. The zero-order chi connectivity index (χ0) is 12.3. The number of nitrogens with one attached hydrogen (secondary N) is 1. The fourth-order valence-corrected chi connectivity index (χ4v) is 2.28. The molecule has 1 aliphatic rings. The maximum Gasteiger partial charge on any atom is 0.126 e. The van der Waals surface area contributed by atoms with E-state index in [1.807, 2.05) is 6.20 Å². The van der Waals surface area contributed by atoms with Crippen LogP contribution in [0, 0.1) is 0 Å². The normalized spacial score (nSPS) is 22.6. The van der Waals surface area contributed by atoms with E-state index in [0.29, 0.717) is 12.0 Å². The lowest BCUT2D eigenvalue weighted by atomic mass is 10.0. The molecule has 94 valence electrons. The zero-order valence-corrected chi connectivity index (χ0v) is 11.1. The Morgan fingerprint density at radius 2 is 2.35 bits per heavy atom. The summed E-state index contributed by atoms with van der Waals surface area (Å²) in [6.07, 6.45) is 4.39. The molecule has 1 saturated heterocycles. The van der Waals surface area contributed by atoms with Gasteiger partial charge in [0, 0.05) is 18.8 Å². The van der Waals surface area contributed by atoms with Crippen molar-refractivity contribution in [3.8, 4) is 0 Å². The van der Waals surface area contributed by atoms with Crippen LogP contribution in [-0.4, -0.2) is 36.1 Å². The largest absolute Gasteiger partial charge is 0.366 e. The van der Waals surface area contributed by atoms with E-state index >= 15 is 0 Å². The summed E-state index contributed by atoms with van der Waals surface area (Å²) in [5.74, 6) is 1.62. The summed E-state index contributed by atoms with van der Waals surface area (Å²) in [5.41, 5.74) is 1.33. The average Bonchev–Trinajstić information content (AvgIpc) is 2.75. The van der Waals surface area contributed by atoms with Crippen molar-refractivity contribution in [1.82, 2.24) is 9.88 Å². The molecule has 1 aliphatic heterocycles.